The van der Waals surface area contributed by atoms with Crippen molar-refractivity contribution in [3.63, 3.8) is 0 Å². The van der Waals surface area contributed by atoms with Crippen molar-refractivity contribution >= 4 is 11.3 Å². The van der Waals surface area contributed by atoms with E-state index in [0.29, 0.717) is 6.04 Å². The predicted octanol–water partition coefficient (Wildman–Crippen LogP) is 2.95. The first-order chi connectivity index (χ1) is 6.77. The van der Waals surface area contributed by atoms with Crippen molar-refractivity contribution in [2.75, 3.05) is 0 Å². The Bertz CT molecular complexity index is 308. The normalized spacial score (nSPS) is 12.4. The van der Waals surface area contributed by atoms with E-state index in [9.17, 15) is 0 Å². The van der Waals surface area contributed by atoms with Crippen LogP contribution in [0.15, 0.2) is 11.4 Å². The van der Waals surface area contributed by atoms with Crippen LogP contribution in [0, 0.1) is 19.3 Å². The first kappa shape index (κ1) is 11.3. The molecule has 0 spiro atoms. The third-order valence-corrected chi connectivity index (χ3v) is 3.40. The van der Waals surface area contributed by atoms with Gasteiger partial charge in [-0.1, -0.05) is 6.92 Å². The molecule has 2 heteroatoms. The molecule has 0 fully saturated rings. The summed E-state index contributed by atoms with van der Waals surface area (Å²) in [5.74, 6) is 2.70. The Kier molecular flexibility index (Phi) is 4.72. The fourth-order valence-corrected chi connectivity index (χ4v) is 2.18. The molecule has 0 aliphatic heterocycles. The molecule has 0 saturated carbocycles. The molecule has 1 aromatic heterocycles. The van der Waals surface area contributed by atoms with Crippen LogP contribution in [-0.2, 0) is 6.54 Å². The Morgan fingerprint density at radius 3 is 2.93 bits per heavy atom. The average Bonchev–Trinajstić information content (AvgIpc) is 2.59. The first-order valence-corrected chi connectivity index (χ1v) is 5.85. The summed E-state index contributed by atoms with van der Waals surface area (Å²) in [4.78, 5) is 1.42. The van der Waals surface area contributed by atoms with E-state index in [0.717, 1.165) is 19.4 Å². The molecule has 0 aromatic carbocycles. The van der Waals surface area contributed by atoms with Gasteiger partial charge in [-0.25, -0.2) is 0 Å². The second-order valence-corrected chi connectivity index (χ2v) is 4.42. The first-order valence-electron chi connectivity index (χ1n) is 4.97. The summed E-state index contributed by atoms with van der Waals surface area (Å²) in [7, 11) is 0. The second-order valence-electron chi connectivity index (χ2n) is 3.42. The number of terminal acetylenes is 1. The predicted molar refractivity (Wildman–Crippen MR) is 63.4 cm³/mol. The standard InChI is InChI=1S/C12H17NS/c1-4-6-11(5-2)13-9-12-10(3)7-8-14-12/h1,7-8,11,13H,5-6,9H2,2-3H3. The second kappa shape index (κ2) is 5.85. The fraction of sp³-hybridized carbons (Fsp3) is 0.500. The highest BCUT2D eigenvalue weighted by molar-refractivity contribution is 7.10. The van der Waals surface area contributed by atoms with E-state index >= 15 is 0 Å². The molecule has 0 aliphatic rings. The SMILES string of the molecule is C#CCC(CC)NCc1sccc1C. The lowest BCUT2D eigenvalue weighted by atomic mass is 10.1. The van der Waals surface area contributed by atoms with E-state index in [1.807, 2.05) is 0 Å². The fourth-order valence-electron chi connectivity index (χ4n) is 1.33. The van der Waals surface area contributed by atoms with Crippen LogP contribution >= 0.6 is 11.3 Å². The minimum atomic E-state index is 0.460. The number of hydrogen-bond donors (Lipinski definition) is 1. The van der Waals surface area contributed by atoms with Crippen molar-refractivity contribution in [1.29, 1.82) is 0 Å². The Morgan fingerprint density at radius 1 is 1.64 bits per heavy atom. The van der Waals surface area contributed by atoms with Crippen molar-refractivity contribution in [2.24, 2.45) is 0 Å². The number of rotatable bonds is 5. The van der Waals surface area contributed by atoms with Crippen LogP contribution in [0.3, 0.4) is 0 Å². The summed E-state index contributed by atoms with van der Waals surface area (Å²) in [6.07, 6.45) is 7.21. The average molecular weight is 207 g/mol. The molecule has 1 unspecified atom stereocenters. The van der Waals surface area contributed by atoms with Gasteiger partial charge in [0.1, 0.15) is 0 Å². The highest BCUT2D eigenvalue weighted by Crippen LogP contribution is 2.15. The van der Waals surface area contributed by atoms with Crippen LogP contribution in [-0.4, -0.2) is 6.04 Å². The van der Waals surface area contributed by atoms with Gasteiger partial charge in [-0.15, -0.1) is 23.7 Å². The Morgan fingerprint density at radius 2 is 2.43 bits per heavy atom. The topological polar surface area (TPSA) is 12.0 Å². The molecule has 1 aromatic rings. The molecule has 1 nitrogen and oxygen atoms in total. The van der Waals surface area contributed by atoms with Gasteiger partial charge < -0.3 is 5.32 Å². The van der Waals surface area contributed by atoms with E-state index in [1.54, 1.807) is 11.3 Å². The Labute approximate surface area is 90.5 Å². The third kappa shape index (κ3) is 3.17. The monoisotopic (exact) mass is 207 g/mol. The molecule has 0 saturated heterocycles. The summed E-state index contributed by atoms with van der Waals surface area (Å²) in [5, 5.41) is 5.61. The zero-order chi connectivity index (χ0) is 10.4. The van der Waals surface area contributed by atoms with Gasteiger partial charge in [-0.05, 0) is 30.4 Å². The largest absolute Gasteiger partial charge is 0.308 e. The molecule has 0 bridgehead atoms. The highest BCUT2D eigenvalue weighted by atomic mass is 32.1. The van der Waals surface area contributed by atoms with Crippen molar-refractivity contribution < 1.29 is 0 Å². The van der Waals surface area contributed by atoms with Crippen molar-refractivity contribution in [1.82, 2.24) is 5.32 Å². The van der Waals surface area contributed by atoms with Gasteiger partial charge in [0.25, 0.3) is 0 Å². The van der Waals surface area contributed by atoms with Gasteiger partial charge in [0.05, 0.1) is 0 Å². The maximum atomic E-state index is 5.30. The molecule has 76 valence electrons. The molecule has 14 heavy (non-hydrogen) atoms. The molecule has 1 heterocycles. The quantitative estimate of drug-likeness (QED) is 0.732. The van der Waals surface area contributed by atoms with Crippen molar-refractivity contribution in [2.45, 2.75) is 39.3 Å². The zero-order valence-corrected chi connectivity index (χ0v) is 9.66. The van der Waals surface area contributed by atoms with Gasteiger partial charge in [0.15, 0.2) is 0 Å². The van der Waals surface area contributed by atoms with E-state index in [4.69, 9.17) is 6.42 Å². The summed E-state index contributed by atoms with van der Waals surface area (Å²) in [6.45, 7) is 5.26. The summed E-state index contributed by atoms with van der Waals surface area (Å²) in [6, 6.07) is 2.62. The van der Waals surface area contributed by atoms with E-state index in [2.05, 4.69) is 36.5 Å². The summed E-state index contributed by atoms with van der Waals surface area (Å²) < 4.78 is 0. The van der Waals surface area contributed by atoms with Gasteiger partial charge in [-0.3, -0.25) is 0 Å². The van der Waals surface area contributed by atoms with Crippen LogP contribution in [0.2, 0.25) is 0 Å². The van der Waals surface area contributed by atoms with Crippen molar-refractivity contribution in [3.05, 3.63) is 21.9 Å². The smallest absolute Gasteiger partial charge is 0.0305 e. The lowest BCUT2D eigenvalue weighted by Crippen LogP contribution is -2.27. The van der Waals surface area contributed by atoms with Crippen LogP contribution in [0.4, 0.5) is 0 Å². The molecule has 1 N–H and O–H groups in total. The minimum Gasteiger partial charge on any atom is -0.308 e. The highest BCUT2D eigenvalue weighted by Gasteiger charge is 2.05. The van der Waals surface area contributed by atoms with Gasteiger partial charge >= 0.3 is 0 Å². The van der Waals surface area contributed by atoms with Gasteiger partial charge in [0.2, 0.25) is 0 Å². The van der Waals surface area contributed by atoms with E-state index < -0.39 is 0 Å². The maximum Gasteiger partial charge on any atom is 0.0305 e. The van der Waals surface area contributed by atoms with Gasteiger partial charge in [-0.2, -0.15) is 0 Å². The summed E-state index contributed by atoms with van der Waals surface area (Å²) >= 11 is 1.81. The lowest BCUT2D eigenvalue weighted by molar-refractivity contribution is 0.509. The Balaban J connectivity index is 2.40. The lowest BCUT2D eigenvalue weighted by Gasteiger charge is -2.13. The molecule has 0 aliphatic carbocycles. The van der Waals surface area contributed by atoms with Gasteiger partial charge in [0, 0.05) is 23.9 Å². The van der Waals surface area contributed by atoms with Crippen LogP contribution in [0.1, 0.15) is 30.2 Å². The number of nitrogens with one attached hydrogen (secondary N) is 1. The minimum absolute atomic E-state index is 0.460. The molecule has 0 amide bonds. The maximum absolute atomic E-state index is 5.30. The Hall–Kier alpha value is -0.780. The van der Waals surface area contributed by atoms with Crippen molar-refractivity contribution in [3.8, 4) is 12.3 Å². The van der Waals surface area contributed by atoms with Crippen LogP contribution in [0.5, 0.6) is 0 Å². The number of hydrogen-bond acceptors (Lipinski definition) is 2. The molecular weight excluding hydrogens is 190 g/mol. The van der Waals surface area contributed by atoms with Crippen LogP contribution in [0.25, 0.3) is 0 Å². The number of aryl methyl sites for hydroxylation is 1. The molecule has 1 rings (SSSR count). The zero-order valence-electron chi connectivity index (χ0n) is 8.84. The summed E-state index contributed by atoms with van der Waals surface area (Å²) in [5.41, 5.74) is 1.37. The van der Waals surface area contributed by atoms with E-state index in [1.165, 1.54) is 10.4 Å². The molecule has 1 atom stereocenters. The van der Waals surface area contributed by atoms with Crippen LogP contribution < -0.4 is 5.32 Å². The third-order valence-electron chi connectivity index (χ3n) is 2.38. The molecular formula is C12H17NS. The number of thiophene rings is 1. The molecule has 0 radical (unpaired) electrons. The van der Waals surface area contributed by atoms with E-state index in [-0.39, 0.29) is 0 Å².